The molecule has 0 saturated carbocycles. The Balaban J connectivity index is 1.27. The number of methoxy groups -OCH3 is 1. The number of nitrogens with zero attached hydrogens (tertiary/aromatic N) is 4. The normalized spacial score (nSPS) is 14.4. The molecule has 1 aliphatic rings. The Morgan fingerprint density at radius 2 is 2.06 bits per heavy atom. The zero-order valence-corrected chi connectivity index (χ0v) is 20.6. The number of ether oxygens (including phenoxy) is 1. The van der Waals surface area contributed by atoms with E-state index in [4.69, 9.17) is 4.74 Å². The van der Waals surface area contributed by atoms with E-state index in [1.54, 1.807) is 42.5 Å². The highest BCUT2D eigenvalue weighted by molar-refractivity contribution is 7.17. The summed E-state index contributed by atoms with van der Waals surface area (Å²) in [5.74, 6) is 0.419. The third kappa shape index (κ3) is 4.90. The largest absolute Gasteiger partial charge is 0.497 e. The number of fused-ring (bicyclic) bond motifs is 1. The van der Waals surface area contributed by atoms with Crippen molar-refractivity contribution < 1.29 is 18.7 Å². The first-order valence-corrected chi connectivity index (χ1v) is 12.4. The van der Waals surface area contributed by atoms with Gasteiger partial charge in [0.25, 0.3) is 5.91 Å². The first-order chi connectivity index (χ1) is 17.4. The SMILES string of the molecule is COc1cccc(C(=O)CC2CN(C(=O)c3nc(N[C@@H](C)c4cncc(F)c4)nc4ccsc34)C2)c1. The van der Waals surface area contributed by atoms with E-state index in [0.29, 0.717) is 52.3 Å². The van der Waals surface area contributed by atoms with Gasteiger partial charge in [0.2, 0.25) is 5.95 Å². The number of nitrogens with one attached hydrogen (secondary N) is 1. The van der Waals surface area contributed by atoms with Gasteiger partial charge in [0.15, 0.2) is 11.5 Å². The second kappa shape index (κ2) is 9.98. The first-order valence-electron chi connectivity index (χ1n) is 11.5. The molecule has 10 heteroatoms. The summed E-state index contributed by atoms with van der Waals surface area (Å²) >= 11 is 1.41. The molecule has 1 fully saturated rings. The highest BCUT2D eigenvalue weighted by atomic mass is 32.1. The van der Waals surface area contributed by atoms with Gasteiger partial charge in [-0.2, -0.15) is 0 Å². The number of carbonyl (C=O) groups is 2. The Morgan fingerprint density at radius 3 is 2.83 bits per heavy atom. The number of likely N-dealkylation sites (tertiary alicyclic amines) is 1. The lowest BCUT2D eigenvalue weighted by molar-refractivity contribution is 0.0466. The summed E-state index contributed by atoms with van der Waals surface area (Å²) in [5.41, 5.74) is 2.23. The number of thiophene rings is 1. The minimum atomic E-state index is -0.427. The number of carbonyl (C=O) groups excluding carboxylic acids is 2. The van der Waals surface area contributed by atoms with Crippen LogP contribution < -0.4 is 10.1 Å². The Kier molecular flexibility index (Phi) is 6.60. The van der Waals surface area contributed by atoms with Gasteiger partial charge in [0, 0.05) is 37.2 Å². The number of pyridine rings is 1. The van der Waals surface area contributed by atoms with Crippen LogP contribution in [-0.2, 0) is 0 Å². The van der Waals surface area contributed by atoms with Crippen LogP contribution in [0.25, 0.3) is 10.2 Å². The first kappa shape index (κ1) is 23.8. The molecule has 184 valence electrons. The second-order valence-corrected chi connectivity index (χ2v) is 9.68. The van der Waals surface area contributed by atoms with Gasteiger partial charge in [-0.25, -0.2) is 14.4 Å². The van der Waals surface area contributed by atoms with E-state index < -0.39 is 5.82 Å². The molecule has 0 radical (unpaired) electrons. The molecule has 1 N–H and O–H groups in total. The van der Waals surface area contributed by atoms with Crippen molar-refractivity contribution in [1.82, 2.24) is 19.9 Å². The quantitative estimate of drug-likeness (QED) is 0.345. The fraction of sp³-hybridized carbons (Fsp3) is 0.269. The number of hydrogen-bond donors (Lipinski definition) is 1. The standard InChI is InChI=1S/C26H24FN5O3S/c1-15(18-9-19(27)12-28-11-18)29-26-30-21-6-7-36-24(21)23(31-26)25(34)32-13-16(14-32)8-22(33)17-4-3-5-20(10-17)35-2/h3-7,9-12,15-16H,8,13-14H2,1-2H3,(H,29,30,31)/t15-/m0/s1. The molecule has 1 atom stereocenters. The summed E-state index contributed by atoms with van der Waals surface area (Å²) < 4.78 is 19.5. The molecule has 0 unspecified atom stereocenters. The van der Waals surface area contributed by atoms with E-state index in [9.17, 15) is 14.0 Å². The van der Waals surface area contributed by atoms with E-state index in [-0.39, 0.29) is 29.6 Å². The van der Waals surface area contributed by atoms with Crippen LogP contribution >= 0.6 is 11.3 Å². The van der Waals surface area contributed by atoms with E-state index in [1.165, 1.54) is 17.4 Å². The van der Waals surface area contributed by atoms with Crippen LogP contribution in [0.4, 0.5) is 10.3 Å². The fourth-order valence-corrected chi connectivity index (χ4v) is 5.02. The lowest BCUT2D eigenvalue weighted by atomic mass is 9.91. The number of rotatable bonds is 8. The predicted molar refractivity (Wildman–Crippen MR) is 135 cm³/mol. The van der Waals surface area contributed by atoms with Crippen molar-refractivity contribution in [2.75, 3.05) is 25.5 Å². The zero-order chi connectivity index (χ0) is 25.2. The maximum Gasteiger partial charge on any atom is 0.274 e. The van der Waals surface area contributed by atoms with Gasteiger partial charge in [-0.3, -0.25) is 14.6 Å². The van der Waals surface area contributed by atoms with Crippen molar-refractivity contribution in [2.45, 2.75) is 19.4 Å². The van der Waals surface area contributed by atoms with Crippen LogP contribution in [-0.4, -0.2) is 51.7 Å². The van der Waals surface area contributed by atoms with Crippen LogP contribution in [0.1, 0.15) is 45.8 Å². The van der Waals surface area contributed by atoms with Gasteiger partial charge >= 0.3 is 0 Å². The molecule has 1 amide bonds. The van der Waals surface area contributed by atoms with Gasteiger partial charge < -0.3 is 15.0 Å². The van der Waals surface area contributed by atoms with Crippen LogP contribution in [0.3, 0.4) is 0 Å². The predicted octanol–water partition coefficient (Wildman–Crippen LogP) is 4.75. The summed E-state index contributed by atoms with van der Waals surface area (Å²) in [6.07, 6.45) is 3.08. The smallest absolute Gasteiger partial charge is 0.274 e. The number of amides is 1. The number of ketones is 1. The Hall–Kier alpha value is -3.92. The van der Waals surface area contributed by atoms with E-state index in [1.807, 2.05) is 18.4 Å². The van der Waals surface area contributed by atoms with Crippen molar-refractivity contribution in [3.63, 3.8) is 0 Å². The summed E-state index contributed by atoms with van der Waals surface area (Å²) in [5, 5.41) is 5.02. The average Bonchev–Trinajstić information content (AvgIpc) is 3.33. The highest BCUT2D eigenvalue weighted by Gasteiger charge is 2.34. The van der Waals surface area contributed by atoms with Crippen LogP contribution in [0, 0.1) is 11.7 Å². The lowest BCUT2D eigenvalue weighted by Crippen LogP contribution is -2.50. The molecule has 4 heterocycles. The molecule has 0 spiro atoms. The Labute approximate surface area is 211 Å². The van der Waals surface area contributed by atoms with E-state index in [2.05, 4.69) is 20.3 Å². The summed E-state index contributed by atoms with van der Waals surface area (Å²) in [4.78, 5) is 40.6. The van der Waals surface area contributed by atoms with Crippen molar-refractivity contribution in [3.8, 4) is 5.75 Å². The van der Waals surface area contributed by atoms with Crippen molar-refractivity contribution in [2.24, 2.45) is 5.92 Å². The molecular weight excluding hydrogens is 481 g/mol. The van der Waals surface area contributed by atoms with Gasteiger partial charge in [-0.1, -0.05) is 12.1 Å². The minimum absolute atomic E-state index is 0.0287. The molecule has 1 aliphatic heterocycles. The summed E-state index contributed by atoms with van der Waals surface area (Å²) in [7, 11) is 1.57. The molecule has 0 bridgehead atoms. The number of anilines is 1. The number of hydrogen-bond acceptors (Lipinski definition) is 8. The summed E-state index contributed by atoms with van der Waals surface area (Å²) in [6, 6.07) is 10.0. The monoisotopic (exact) mass is 505 g/mol. The van der Waals surface area contributed by atoms with Gasteiger partial charge in [-0.05, 0) is 42.1 Å². The molecule has 4 aromatic rings. The van der Waals surface area contributed by atoms with Crippen molar-refractivity contribution in [3.05, 3.63) is 76.8 Å². The zero-order valence-electron chi connectivity index (χ0n) is 19.8. The number of Topliss-reactive ketones (excluding diaryl/α,β-unsaturated/α-hetero) is 1. The van der Waals surface area contributed by atoms with Gasteiger partial charge in [0.05, 0.1) is 29.6 Å². The van der Waals surface area contributed by atoms with Crippen molar-refractivity contribution >= 4 is 39.2 Å². The molecule has 8 nitrogen and oxygen atoms in total. The molecule has 0 aliphatic carbocycles. The second-order valence-electron chi connectivity index (χ2n) is 8.77. The Bertz CT molecular complexity index is 1440. The average molecular weight is 506 g/mol. The van der Waals surface area contributed by atoms with Gasteiger partial charge in [-0.15, -0.1) is 11.3 Å². The molecule has 36 heavy (non-hydrogen) atoms. The molecule has 1 aromatic carbocycles. The number of halogens is 1. The maximum atomic E-state index is 13.6. The van der Waals surface area contributed by atoms with Gasteiger partial charge in [0.1, 0.15) is 11.6 Å². The summed E-state index contributed by atoms with van der Waals surface area (Å²) in [6.45, 7) is 2.82. The molecular formula is C26H24FN5O3S. The topological polar surface area (TPSA) is 97.3 Å². The van der Waals surface area contributed by atoms with Crippen LogP contribution in [0.2, 0.25) is 0 Å². The van der Waals surface area contributed by atoms with Crippen molar-refractivity contribution in [1.29, 1.82) is 0 Å². The fourth-order valence-electron chi connectivity index (χ4n) is 4.21. The molecule has 5 rings (SSSR count). The molecule has 1 saturated heterocycles. The van der Waals surface area contributed by atoms with Crippen LogP contribution in [0.15, 0.2) is 54.2 Å². The minimum Gasteiger partial charge on any atom is -0.497 e. The Morgan fingerprint density at radius 1 is 1.22 bits per heavy atom. The molecule has 3 aromatic heterocycles. The highest BCUT2D eigenvalue weighted by Crippen LogP contribution is 2.29. The number of aromatic nitrogens is 3. The van der Waals surface area contributed by atoms with Crippen LogP contribution in [0.5, 0.6) is 5.75 Å². The maximum absolute atomic E-state index is 13.6. The lowest BCUT2D eigenvalue weighted by Gasteiger charge is -2.38. The van der Waals surface area contributed by atoms with E-state index in [0.717, 1.165) is 6.20 Å². The number of benzene rings is 1. The third-order valence-corrected chi connectivity index (χ3v) is 7.10. The third-order valence-electron chi connectivity index (χ3n) is 6.19. The van der Waals surface area contributed by atoms with E-state index >= 15 is 0 Å².